The quantitative estimate of drug-likeness (QED) is 0.251. The summed E-state index contributed by atoms with van der Waals surface area (Å²) in [4.78, 5) is 34.8. The van der Waals surface area contributed by atoms with Crippen LogP contribution in [0.15, 0.2) is 95.8 Å². The molecular formula is C32H31N3O2. The van der Waals surface area contributed by atoms with Crippen molar-refractivity contribution in [1.82, 2.24) is 14.5 Å². The van der Waals surface area contributed by atoms with Crippen molar-refractivity contribution in [2.45, 2.75) is 39.7 Å². The molecule has 1 atom stereocenters. The van der Waals surface area contributed by atoms with E-state index in [4.69, 9.17) is 4.98 Å². The van der Waals surface area contributed by atoms with Crippen LogP contribution in [0.1, 0.15) is 54.5 Å². The third-order valence-corrected chi connectivity index (χ3v) is 6.84. The number of benzene rings is 4. The monoisotopic (exact) mass is 489 g/mol. The molecule has 0 radical (unpaired) electrons. The van der Waals surface area contributed by atoms with Crippen molar-refractivity contribution in [3.63, 3.8) is 0 Å². The lowest BCUT2D eigenvalue weighted by Gasteiger charge is -2.32. The fourth-order valence-electron chi connectivity index (χ4n) is 5.06. The Bertz CT molecular complexity index is 1650. The molecule has 0 fully saturated rings. The normalized spacial score (nSPS) is 12.1. The SMILES string of the molecule is CCCN(C(=O)c1ccc2ccccc2c1)C(CC)c1nc2ccccc2c(=O)n1-c1cccc(C)c1. The minimum atomic E-state index is -0.378. The van der Waals surface area contributed by atoms with Crippen LogP contribution < -0.4 is 5.56 Å². The Hall–Kier alpha value is -4.25. The summed E-state index contributed by atoms with van der Waals surface area (Å²) in [5.74, 6) is 0.525. The van der Waals surface area contributed by atoms with Crippen LogP contribution >= 0.6 is 0 Å². The van der Waals surface area contributed by atoms with E-state index in [1.165, 1.54) is 0 Å². The zero-order chi connectivity index (χ0) is 25.9. The maximum Gasteiger partial charge on any atom is 0.266 e. The van der Waals surface area contributed by atoms with Gasteiger partial charge in [0.1, 0.15) is 5.82 Å². The van der Waals surface area contributed by atoms with Gasteiger partial charge in [-0.3, -0.25) is 14.2 Å². The molecule has 1 aromatic heterocycles. The molecule has 0 saturated heterocycles. The van der Waals surface area contributed by atoms with Gasteiger partial charge in [0.05, 0.1) is 22.6 Å². The van der Waals surface area contributed by atoms with Crippen molar-refractivity contribution < 1.29 is 4.79 Å². The van der Waals surface area contributed by atoms with E-state index in [1.807, 2.05) is 110 Å². The Labute approximate surface area is 217 Å². The average molecular weight is 490 g/mol. The second-order valence-electron chi connectivity index (χ2n) is 9.45. The summed E-state index contributed by atoms with van der Waals surface area (Å²) in [5.41, 5.74) is 2.95. The second-order valence-corrected chi connectivity index (χ2v) is 9.45. The van der Waals surface area contributed by atoms with Gasteiger partial charge in [-0.1, -0.05) is 68.4 Å². The van der Waals surface area contributed by atoms with Gasteiger partial charge in [0.2, 0.25) is 0 Å². The van der Waals surface area contributed by atoms with Crippen molar-refractivity contribution >= 4 is 27.6 Å². The topological polar surface area (TPSA) is 55.2 Å². The van der Waals surface area contributed by atoms with Crippen LogP contribution in [0, 0.1) is 6.92 Å². The van der Waals surface area contributed by atoms with E-state index in [0.29, 0.717) is 35.3 Å². The molecule has 1 amide bonds. The van der Waals surface area contributed by atoms with E-state index in [2.05, 4.69) is 6.92 Å². The second kappa shape index (κ2) is 10.4. The molecule has 0 saturated carbocycles. The maximum atomic E-state index is 14.0. The first kappa shape index (κ1) is 24.4. The molecular weight excluding hydrogens is 458 g/mol. The molecule has 5 rings (SSSR count). The molecule has 0 N–H and O–H groups in total. The molecule has 0 aliphatic heterocycles. The van der Waals surface area contributed by atoms with Gasteiger partial charge in [-0.15, -0.1) is 0 Å². The highest BCUT2D eigenvalue weighted by Crippen LogP contribution is 2.28. The van der Waals surface area contributed by atoms with Gasteiger partial charge in [0.25, 0.3) is 11.5 Å². The van der Waals surface area contributed by atoms with Gasteiger partial charge < -0.3 is 4.90 Å². The van der Waals surface area contributed by atoms with Crippen LogP contribution in [0.25, 0.3) is 27.4 Å². The molecule has 37 heavy (non-hydrogen) atoms. The molecule has 0 aliphatic carbocycles. The van der Waals surface area contributed by atoms with Gasteiger partial charge in [-0.25, -0.2) is 4.98 Å². The fraction of sp³-hybridized carbons (Fsp3) is 0.219. The fourth-order valence-corrected chi connectivity index (χ4v) is 5.06. The van der Waals surface area contributed by atoms with Crippen LogP contribution in [0.5, 0.6) is 0 Å². The summed E-state index contributed by atoms with van der Waals surface area (Å²) in [7, 11) is 0. The zero-order valence-corrected chi connectivity index (χ0v) is 21.5. The molecule has 5 nitrogen and oxygen atoms in total. The Kier molecular flexibility index (Phi) is 6.87. The Morgan fingerprint density at radius 2 is 1.65 bits per heavy atom. The molecule has 5 heteroatoms. The van der Waals surface area contributed by atoms with Gasteiger partial charge in [-0.2, -0.15) is 0 Å². The Morgan fingerprint density at radius 1 is 0.892 bits per heavy atom. The molecule has 186 valence electrons. The predicted molar refractivity (Wildman–Crippen MR) is 150 cm³/mol. The first-order chi connectivity index (χ1) is 18.0. The number of fused-ring (bicyclic) bond motifs is 2. The van der Waals surface area contributed by atoms with Crippen LogP contribution in [-0.2, 0) is 0 Å². The Morgan fingerprint density at radius 3 is 2.41 bits per heavy atom. The van der Waals surface area contributed by atoms with E-state index >= 15 is 0 Å². The Balaban J connectivity index is 1.69. The molecule has 0 spiro atoms. The van der Waals surface area contributed by atoms with Crippen molar-refractivity contribution in [1.29, 1.82) is 0 Å². The highest BCUT2D eigenvalue weighted by molar-refractivity contribution is 5.98. The van der Waals surface area contributed by atoms with Crippen molar-refractivity contribution in [2.24, 2.45) is 0 Å². The molecule has 5 aromatic rings. The van der Waals surface area contributed by atoms with Gasteiger partial charge in [0.15, 0.2) is 0 Å². The summed E-state index contributed by atoms with van der Waals surface area (Å²) in [6.45, 7) is 6.67. The largest absolute Gasteiger partial charge is 0.328 e. The lowest BCUT2D eigenvalue weighted by atomic mass is 10.0. The van der Waals surface area contributed by atoms with E-state index < -0.39 is 0 Å². The van der Waals surface area contributed by atoms with Crippen molar-refractivity contribution in [3.05, 3.63) is 118 Å². The first-order valence-corrected chi connectivity index (χ1v) is 12.9. The molecule has 0 aliphatic rings. The van der Waals surface area contributed by atoms with E-state index in [9.17, 15) is 9.59 Å². The van der Waals surface area contributed by atoms with Crippen LogP contribution in [0.2, 0.25) is 0 Å². The average Bonchev–Trinajstić information content (AvgIpc) is 2.92. The number of para-hydroxylation sites is 1. The number of nitrogens with zero attached hydrogens (tertiary/aromatic N) is 3. The van der Waals surface area contributed by atoms with E-state index in [0.717, 1.165) is 28.4 Å². The summed E-state index contributed by atoms with van der Waals surface area (Å²) in [5, 5.41) is 2.68. The maximum absolute atomic E-state index is 14.0. The lowest BCUT2D eigenvalue weighted by Crippen LogP contribution is -2.39. The number of amides is 1. The van der Waals surface area contributed by atoms with Crippen LogP contribution in [0.3, 0.4) is 0 Å². The number of hydrogen-bond acceptors (Lipinski definition) is 3. The highest BCUT2D eigenvalue weighted by atomic mass is 16.2. The third kappa shape index (κ3) is 4.65. The summed E-state index contributed by atoms with van der Waals surface area (Å²) >= 11 is 0. The number of aryl methyl sites for hydroxylation is 1. The predicted octanol–water partition coefficient (Wildman–Crippen LogP) is 6.85. The summed E-state index contributed by atoms with van der Waals surface area (Å²) < 4.78 is 1.69. The first-order valence-electron chi connectivity index (χ1n) is 12.9. The number of aromatic nitrogens is 2. The van der Waals surface area contributed by atoms with Gasteiger partial charge in [-0.05, 0) is 72.5 Å². The minimum Gasteiger partial charge on any atom is -0.328 e. The highest BCUT2D eigenvalue weighted by Gasteiger charge is 2.29. The number of hydrogen-bond donors (Lipinski definition) is 0. The minimum absolute atomic E-state index is 0.0577. The number of carbonyl (C=O) groups is 1. The molecule has 4 aromatic carbocycles. The van der Waals surface area contributed by atoms with E-state index in [-0.39, 0.29) is 17.5 Å². The van der Waals surface area contributed by atoms with Crippen LogP contribution in [-0.4, -0.2) is 26.9 Å². The van der Waals surface area contributed by atoms with Gasteiger partial charge >= 0.3 is 0 Å². The summed E-state index contributed by atoms with van der Waals surface area (Å²) in [6.07, 6.45) is 1.41. The molecule has 1 unspecified atom stereocenters. The standard InChI is InChI=1S/C32H31N3O2/c1-4-19-34(31(36)25-18-17-23-12-6-7-13-24(23)21-25)29(5-2)30-33-28-16-9-8-15-27(28)32(37)35(30)26-14-10-11-22(3)20-26/h6-18,20-21,29H,4-5,19H2,1-3H3. The van der Waals surface area contributed by atoms with Crippen molar-refractivity contribution in [3.8, 4) is 5.69 Å². The molecule has 0 bridgehead atoms. The third-order valence-electron chi connectivity index (χ3n) is 6.84. The smallest absolute Gasteiger partial charge is 0.266 e. The lowest BCUT2D eigenvalue weighted by molar-refractivity contribution is 0.0659. The van der Waals surface area contributed by atoms with Crippen molar-refractivity contribution in [2.75, 3.05) is 6.54 Å². The van der Waals surface area contributed by atoms with Crippen LogP contribution in [0.4, 0.5) is 0 Å². The van der Waals surface area contributed by atoms with E-state index in [1.54, 1.807) is 4.57 Å². The number of carbonyl (C=O) groups excluding carboxylic acids is 1. The number of rotatable bonds is 7. The van der Waals surface area contributed by atoms with Gasteiger partial charge in [0, 0.05) is 12.1 Å². The zero-order valence-electron chi connectivity index (χ0n) is 21.5. The summed E-state index contributed by atoms with van der Waals surface area (Å²) in [6, 6.07) is 28.8. The molecule has 1 heterocycles.